The standard InChI is InChI=1S/C17H28O3/c1-2-3-4-5-6-7-9-12-15-20-16-13-10-8-11-14-17(18)19/h9-12H,2-7,13-16H2,1H3,(H,18,19). The number of carboxylic acids is 1. The first-order valence-electron chi connectivity index (χ1n) is 7.61. The average Bonchev–Trinajstić information content (AvgIpc) is 2.43. The first-order chi connectivity index (χ1) is 9.77. The summed E-state index contributed by atoms with van der Waals surface area (Å²) in [6.45, 7) is 3.53. The van der Waals surface area contributed by atoms with E-state index in [-0.39, 0.29) is 6.42 Å². The lowest BCUT2D eigenvalue weighted by atomic mass is 10.1. The van der Waals surface area contributed by atoms with Crippen molar-refractivity contribution in [3.8, 4) is 0 Å². The van der Waals surface area contributed by atoms with E-state index in [0.717, 1.165) is 12.8 Å². The van der Waals surface area contributed by atoms with Crippen molar-refractivity contribution in [3.63, 3.8) is 0 Å². The Labute approximate surface area is 123 Å². The molecular formula is C17H28O3. The topological polar surface area (TPSA) is 46.5 Å². The summed E-state index contributed by atoms with van der Waals surface area (Å²) < 4.78 is 5.42. The lowest BCUT2D eigenvalue weighted by molar-refractivity contribution is -0.135. The second-order valence-corrected chi connectivity index (χ2v) is 4.71. The summed E-state index contributed by atoms with van der Waals surface area (Å²) >= 11 is 0. The zero-order valence-corrected chi connectivity index (χ0v) is 12.6. The summed E-state index contributed by atoms with van der Waals surface area (Å²) in [6.07, 6.45) is 16.1. The number of aliphatic carboxylic acids is 1. The number of allylic oxidation sites excluding steroid dienone is 1. The molecule has 0 aliphatic carbocycles. The third-order valence-corrected chi connectivity index (χ3v) is 2.77. The maximum atomic E-state index is 10.2. The van der Waals surface area contributed by atoms with Gasteiger partial charge in [0.15, 0.2) is 0 Å². The van der Waals surface area contributed by atoms with Gasteiger partial charge in [0.2, 0.25) is 0 Å². The molecule has 0 atom stereocenters. The van der Waals surface area contributed by atoms with E-state index in [0.29, 0.717) is 13.2 Å². The van der Waals surface area contributed by atoms with E-state index in [4.69, 9.17) is 9.84 Å². The fourth-order valence-electron chi connectivity index (χ4n) is 1.66. The second kappa shape index (κ2) is 15.7. The molecule has 0 aromatic carbocycles. The predicted octanol–water partition coefficient (Wildman–Crippen LogP) is 4.50. The lowest BCUT2D eigenvalue weighted by Gasteiger charge is -1.97. The van der Waals surface area contributed by atoms with E-state index in [1.807, 2.05) is 0 Å². The second-order valence-electron chi connectivity index (χ2n) is 4.71. The van der Waals surface area contributed by atoms with Crippen LogP contribution >= 0.6 is 0 Å². The molecule has 0 radical (unpaired) electrons. The minimum absolute atomic E-state index is 0.0261. The first kappa shape index (κ1) is 18.7. The van der Waals surface area contributed by atoms with Crippen molar-refractivity contribution in [3.05, 3.63) is 30.0 Å². The van der Waals surface area contributed by atoms with E-state index in [1.165, 1.54) is 38.2 Å². The SMILES string of the molecule is CCCCCCCC=CCOCCC=C=CCC(=O)O. The molecule has 114 valence electrons. The Kier molecular flexibility index (Phi) is 14.7. The van der Waals surface area contributed by atoms with Crippen molar-refractivity contribution < 1.29 is 14.6 Å². The van der Waals surface area contributed by atoms with Gasteiger partial charge in [0.1, 0.15) is 0 Å². The Morgan fingerprint density at radius 3 is 2.65 bits per heavy atom. The maximum Gasteiger partial charge on any atom is 0.307 e. The summed E-state index contributed by atoms with van der Waals surface area (Å²) in [5, 5.41) is 8.40. The third kappa shape index (κ3) is 16.7. The molecule has 0 aliphatic heterocycles. The Hall–Kier alpha value is -1.31. The van der Waals surface area contributed by atoms with Gasteiger partial charge in [-0.25, -0.2) is 0 Å². The van der Waals surface area contributed by atoms with Crippen molar-refractivity contribution in [2.45, 2.75) is 58.3 Å². The molecule has 0 bridgehead atoms. The molecule has 20 heavy (non-hydrogen) atoms. The zero-order valence-electron chi connectivity index (χ0n) is 12.6. The number of rotatable bonds is 13. The Morgan fingerprint density at radius 1 is 1.10 bits per heavy atom. The van der Waals surface area contributed by atoms with Gasteiger partial charge in [-0.1, -0.05) is 44.8 Å². The molecule has 0 unspecified atom stereocenters. The molecule has 0 saturated heterocycles. The molecule has 0 amide bonds. The number of unbranched alkanes of at least 4 members (excludes halogenated alkanes) is 5. The molecule has 3 nitrogen and oxygen atoms in total. The molecule has 0 spiro atoms. The molecule has 0 saturated carbocycles. The maximum absolute atomic E-state index is 10.2. The highest BCUT2D eigenvalue weighted by molar-refractivity contribution is 5.68. The van der Waals surface area contributed by atoms with E-state index in [1.54, 1.807) is 6.08 Å². The predicted molar refractivity (Wildman–Crippen MR) is 82.9 cm³/mol. The summed E-state index contributed by atoms with van der Waals surface area (Å²) in [5.41, 5.74) is 2.82. The molecule has 0 heterocycles. The minimum atomic E-state index is -0.831. The smallest absolute Gasteiger partial charge is 0.307 e. The highest BCUT2D eigenvalue weighted by Gasteiger charge is 1.88. The van der Waals surface area contributed by atoms with Crippen LogP contribution in [-0.4, -0.2) is 24.3 Å². The van der Waals surface area contributed by atoms with Crippen LogP contribution in [0.3, 0.4) is 0 Å². The van der Waals surface area contributed by atoms with Gasteiger partial charge in [0.05, 0.1) is 19.6 Å². The van der Waals surface area contributed by atoms with Crippen LogP contribution in [0.4, 0.5) is 0 Å². The Balaban J connectivity index is 3.27. The van der Waals surface area contributed by atoms with Crippen LogP contribution in [-0.2, 0) is 9.53 Å². The fraction of sp³-hybridized carbons (Fsp3) is 0.647. The third-order valence-electron chi connectivity index (χ3n) is 2.77. The first-order valence-corrected chi connectivity index (χ1v) is 7.61. The molecule has 0 fully saturated rings. The molecule has 0 aliphatic rings. The average molecular weight is 280 g/mol. The van der Waals surface area contributed by atoms with Crippen LogP contribution in [0.2, 0.25) is 0 Å². The van der Waals surface area contributed by atoms with E-state index in [9.17, 15) is 4.79 Å². The molecule has 0 aromatic rings. The van der Waals surface area contributed by atoms with Gasteiger partial charge >= 0.3 is 5.97 Å². The number of ether oxygens (including phenoxy) is 1. The van der Waals surface area contributed by atoms with Crippen molar-refractivity contribution in [1.29, 1.82) is 0 Å². The normalized spacial score (nSPS) is 10.4. The van der Waals surface area contributed by atoms with Gasteiger partial charge < -0.3 is 9.84 Å². The number of hydrogen-bond acceptors (Lipinski definition) is 2. The fourth-order valence-corrected chi connectivity index (χ4v) is 1.66. The largest absolute Gasteiger partial charge is 0.481 e. The van der Waals surface area contributed by atoms with Gasteiger partial charge in [-0.3, -0.25) is 4.79 Å². The molecule has 0 rings (SSSR count). The molecule has 1 N–H and O–H groups in total. The number of carboxylic acid groups (broad SMARTS) is 1. The highest BCUT2D eigenvalue weighted by Crippen LogP contribution is 2.05. The summed E-state index contributed by atoms with van der Waals surface area (Å²) in [4.78, 5) is 10.2. The van der Waals surface area contributed by atoms with Crippen LogP contribution in [0, 0.1) is 0 Å². The van der Waals surface area contributed by atoms with Crippen LogP contribution in [0.5, 0.6) is 0 Å². The van der Waals surface area contributed by atoms with Crippen molar-refractivity contribution in [1.82, 2.24) is 0 Å². The van der Waals surface area contributed by atoms with Crippen LogP contribution in [0.25, 0.3) is 0 Å². The quantitative estimate of drug-likeness (QED) is 0.307. The minimum Gasteiger partial charge on any atom is -0.481 e. The van der Waals surface area contributed by atoms with Crippen molar-refractivity contribution >= 4 is 5.97 Å². The Morgan fingerprint density at radius 2 is 1.90 bits per heavy atom. The van der Waals surface area contributed by atoms with Crippen molar-refractivity contribution in [2.75, 3.05) is 13.2 Å². The van der Waals surface area contributed by atoms with E-state index in [2.05, 4.69) is 24.8 Å². The van der Waals surface area contributed by atoms with Gasteiger partial charge in [-0.05, 0) is 31.4 Å². The van der Waals surface area contributed by atoms with Gasteiger partial charge in [-0.2, -0.15) is 0 Å². The Bertz CT molecular complexity index is 312. The summed E-state index contributed by atoms with van der Waals surface area (Å²) in [7, 11) is 0. The van der Waals surface area contributed by atoms with E-state index >= 15 is 0 Å². The summed E-state index contributed by atoms with van der Waals surface area (Å²) in [6, 6.07) is 0. The molecule has 0 aromatic heterocycles. The van der Waals surface area contributed by atoms with Crippen molar-refractivity contribution in [2.24, 2.45) is 0 Å². The van der Waals surface area contributed by atoms with E-state index < -0.39 is 5.97 Å². The lowest BCUT2D eigenvalue weighted by Crippen LogP contribution is -1.92. The number of hydrogen-bond donors (Lipinski definition) is 1. The van der Waals surface area contributed by atoms with Gasteiger partial charge in [0, 0.05) is 0 Å². The molecular weight excluding hydrogens is 252 g/mol. The van der Waals surface area contributed by atoms with Crippen LogP contribution in [0.1, 0.15) is 58.3 Å². The van der Waals surface area contributed by atoms with Gasteiger partial charge in [-0.15, -0.1) is 5.73 Å². The van der Waals surface area contributed by atoms with Crippen LogP contribution < -0.4 is 0 Å². The zero-order chi connectivity index (χ0) is 14.9. The monoisotopic (exact) mass is 280 g/mol. The molecule has 3 heteroatoms. The highest BCUT2D eigenvalue weighted by atomic mass is 16.5. The van der Waals surface area contributed by atoms with Crippen LogP contribution in [0.15, 0.2) is 30.0 Å². The number of carbonyl (C=O) groups is 1. The summed E-state index contributed by atoms with van der Waals surface area (Å²) in [5.74, 6) is -0.831. The van der Waals surface area contributed by atoms with Gasteiger partial charge in [0.25, 0.3) is 0 Å².